The zero-order valence-corrected chi connectivity index (χ0v) is 23.7. The predicted molar refractivity (Wildman–Crippen MR) is 150 cm³/mol. The number of likely N-dealkylation sites (tertiary alicyclic amines) is 1. The molecule has 3 aromatic heterocycles. The molecule has 1 spiro atoms. The van der Waals surface area contributed by atoms with Gasteiger partial charge in [0.05, 0.1) is 29.0 Å². The van der Waals surface area contributed by atoms with Crippen LogP contribution in [0.4, 0.5) is 16.4 Å². The number of carboxylic acid groups (broad SMARTS) is 1. The minimum Gasteiger partial charge on any atom is -0.487 e. The maximum atomic E-state index is 11.1. The monoisotopic (exact) mass is 578 g/mol. The quantitative estimate of drug-likeness (QED) is 0.288. The van der Waals surface area contributed by atoms with Crippen LogP contribution in [-0.2, 0) is 6.54 Å². The summed E-state index contributed by atoms with van der Waals surface area (Å²) in [6.07, 6.45) is 7.89. The van der Waals surface area contributed by atoms with Gasteiger partial charge < -0.3 is 20.1 Å². The summed E-state index contributed by atoms with van der Waals surface area (Å²) >= 11 is 6.40. The molecule has 4 heterocycles. The van der Waals surface area contributed by atoms with Gasteiger partial charge >= 0.3 is 6.09 Å². The average Bonchev–Trinajstić information content (AvgIpc) is 3.54. The molecule has 1 aromatic carbocycles. The Hall–Kier alpha value is -4.26. The van der Waals surface area contributed by atoms with Crippen LogP contribution in [0.25, 0.3) is 11.1 Å². The van der Waals surface area contributed by atoms with Crippen LogP contribution in [0.3, 0.4) is 0 Å². The summed E-state index contributed by atoms with van der Waals surface area (Å²) in [5.74, 6) is 1.22. The largest absolute Gasteiger partial charge is 0.487 e. The molecule has 2 fully saturated rings. The number of tetrazole rings is 1. The number of nitrogens with one attached hydrogen (secondary N) is 1. The second-order valence-electron chi connectivity index (χ2n) is 11.3. The summed E-state index contributed by atoms with van der Waals surface area (Å²) in [6.45, 7) is 7.84. The molecule has 0 bridgehead atoms. The Morgan fingerprint density at radius 2 is 1.95 bits per heavy atom. The zero-order valence-electron chi connectivity index (χ0n) is 23.0. The lowest BCUT2D eigenvalue weighted by molar-refractivity contribution is -0.0772. The van der Waals surface area contributed by atoms with E-state index in [1.807, 2.05) is 29.9 Å². The molecule has 14 heteroatoms. The highest BCUT2D eigenvalue weighted by molar-refractivity contribution is 6.32. The first-order valence-corrected chi connectivity index (χ1v) is 13.9. The van der Waals surface area contributed by atoms with Gasteiger partial charge in [0, 0.05) is 42.7 Å². The van der Waals surface area contributed by atoms with E-state index in [0.717, 1.165) is 35.3 Å². The topological polar surface area (TPSA) is 149 Å². The number of nitrogens with zero attached hydrogens (tertiary/aromatic N) is 9. The Kier molecular flexibility index (Phi) is 6.98. The van der Waals surface area contributed by atoms with Crippen molar-refractivity contribution in [2.24, 2.45) is 5.41 Å². The van der Waals surface area contributed by atoms with Crippen molar-refractivity contribution in [2.45, 2.75) is 58.2 Å². The maximum Gasteiger partial charge on any atom is 0.407 e. The Bertz CT molecular complexity index is 1530. The lowest BCUT2D eigenvalue weighted by atomic mass is 9.61. The van der Waals surface area contributed by atoms with E-state index in [-0.39, 0.29) is 23.5 Å². The molecule has 1 aliphatic heterocycles. The first kappa shape index (κ1) is 26.9. The molecule has 214 valence electrons. The number of anilines is 2. The van der Waals surface area contributed by atoms with Gasteiger partial charge in [0.25, 0.3) is 0 Å². The molecule has 2 aliphatic rings. The molecule has 41 heavy (non-hydrogen) atoms. The second kappa shape index (κ2) is 10.6. The van der Waals surface area contributed by atoms with E-state index in [1.54, 1.807) is 23.1 Å². The van der Waals surface area contributed by atoms with Gasteiger partial charge in [0.2, 0.25) is 5.95 Å². The lowest BCUT2D eigenvalue weighted by Gasteiger charge is -2.57. The molecule has 1 saturated carbocycles. The van der Waals surface area contributed by atoms with Crippen molar-refractivity contribution in [3.63, 3.8) is 0 Å². The van der Waals surface area contributed by atoms with Crippen molar-refractivity contribution < 1.29 is 14.6 Å². The van der Waals surface area contributed by atoms with Crippen molar-refractivity contribution in [3.05, 3.63) is 53.8 Å². The summed E-state index contributed by atoms with van der Waals surface area (Å²) in [5.41, 5.74) is 3.61. The lowest BCUT2D eigenvalue weighted by Crippen LogP contribution is -2.63. The van der Waals surface area contributed by atoms with Crippen molar-refractivity contribution in [2.75, 3.05) is 18.4 Å². The van der Waals surface area contributed by atoms with E-state index in [1.165, 1.54) is 11.2 Å². The normalized spacial score (nSPS) is 16.9. The van der Waals surface area contributed by atoms with Crippen LogP contribution in [0, 0.1) is 5.41 Å². The van der Waals surface area contributed by atoms with Crippen LogP contribution in [0.15, 0.2) is 43.1 Å². The van der Waals surface area contributed by atoms with Crippen LogP contribution in [0.5, 0.6) is 5.75 Å². The fourth-order valence-electron chi connectivity index (χ4n) is 5.62. The first-order valence-electron chi connectivity index (χ1n) is 13.5. The van der Waals surface area contributed by atoms with E-state index in [0.29, 0.717) is 36.4 Å². The molecule has 1 unspecified atom stereocenters. The maximum absolute atomic E-state index is 11.1. The highest BCUT2D eigenvalue weighted by atomic mass is 35.5. The van der Waals surface area contributed by atoms with E-state index in [2.05, 4.69) is 44.7 Å². The fraction of sp³-hybridized carbons (Fsp3) is 0.444. The Morgan fingerprint density at radius 3 is 2.61 bits per heavy atom. The average molecular weight is 579 g/mol. The number of aromatic nitrogens is 8. The van der Waals surface area contributed by atoms with Crippen LogP contribution in [0.1, 0.15) is 51.3 Å². The molecule has 1 atom stereocenters. The highest BCUT2D eigenvalue weighted by Gasteiger charge is 2.54. The number of amides is 1. The standard InChI is InChI=1S/C27H31ClN10O3/c1-16(2)24-22(12-38(33-24)20-7-27(8-20)13-36(14-27)26(39)40)32-25-29-9-19(10-30-25)18-4-5-21(28)23(6-18)41-17(3)11-37-15-31-34-35-37/h4-6,9-10,12,15-17,20H,7-8,11,13-14H2,1-3H3,(H,39,40)(H,29,30,32). The minimum atomic E-state index is -0.838. The second-order valence-corrected chi connectivity index (χ2v) is 11.7. The Balaban J connectivity index is 1.12. The van der Waals surface area contributed by atoms with Gasteiger partial charge in [-0.25, -0.2) is 19.4 Å². The van der Waals surface area contributed by atoms with E-state index in [9.17, 15) is 4.79 Å². The minimum absolute atomic E-state index is 0.110. The van der Waals surface area contributed by atoms with Gasteiger partial charge in [-0.1, -0.05) is 31.5 Å². The van der Waals surface area contributed by atoms with Crippen LogP contribution < -0.4 is 10.1 Å². The summed E-state index contributed by atoms with van der Waals surface area (Å²) < 4.78 is 9.66. The van der Waals surface area contributed by atoms with Gasteiger partial charge in [0.1, 0.15) is 18.2 Å². The van der Waals surface area contributed by atoms with Gasteiger partial charge in [-0.3, -0.25) is 4.68 Å². The molecule has 6 rings (SSSR count). The SMILES string of the molecule is CC(Cn1cnnn1)Oc1cc(-c2cnc(Nc3cn(C4CC5(C4)CN(C(=O)O)C5)nc3C(C)C)nc2)ccc1Cl. The van der Waals surface area contributed by atoms with Gasteiger partial charge in [-0.05, 0) is 53.8 Å². The third-order valence-corrected chi connectivity index (χ3v) is 7.98. The third kappa shape index (κ3) is 5.53. The van der Waals surface area contributed by atoms with E-state index < -0.39 is 6.09 Å². The van der Waals surface area contributed by atoms with Crippen LogP contribution in [-0.4, -0.2) is 75.2 Å². The van der Waals surface area contributed by atoms with Crippen molar-refractivity contribution >= 4 is 29.3 Å². The summed E-state index contributed by atoms with van der Waals surface area (Å²) in [5, 5.41) is 29.0. The molecular formula is C27H31ClN10O3. The Labute approximate surface area is 241 Å². The predicted octanol–water partition coefficient (Wildman–Crippen LogP) is 4.63. The van der Waals surface area contributed by atoms with Gasteiger partial charge in [-0.15, -0.1) is 5.10 Å². The number of benzene rings is 1. The number of halogens is 1. The number of rotatable bonds is 9. The summed E-state index contributed by atoms with van der Waals surface area (Å²) in [7, 11) is 0. The molecule has 1 saturated heterocycles. The van der Waals surface area contributed by atoms with Crippen molar-refractivity contribution in [1.82, 2.24) is 44.9 Å². The number of carbonyl (C=O) groups is 1. The first-order chi connectivity index (χ1) is 19.7. The zero-order chi connectivity index (χ0) is 28.7. The van der Waals surface area contributed by atoms with Crippen molar-refractivity contribution in [3.8, 4) is 16.9 Å². The molecule has 2 N–H and O–H groups in total. The number of ether oxygens (including phenoxy) is 1. The Morgan fingerprint density at radius 1 is 1.20 bits per heavy atom. The van der Waals surface area contributed by atoms with E-state index >= 15 is 0 Å². The molecule has 0 radical (unpaired) electrons. The third-order valence-electron chi connectivity index (χ3n) is 7.67. The van der Waals surface area contributed by atoms with Crippen LogP contribution >= 0.6 is 11.6 Å². The number of hydrogen-bond acceptors (Lipinski definition) is 9. The van der Waals surface area contributed by atoms with Gasteiger partial charge in [0.15, 0.2) is 0 Å². The molecule has 4 aromatic rings. The number of hydrogen-bond donors (Lipinski definition) is 2. The van der Waals surface area contributed by atoms with Crippen molar-refractivity contribution in [1.29, 1.82) is 0 Å². The molecule has 1 aliphatic carbocycles. The summed E-state index contributed by atoms with van der Waals surface area (Å²) in [6, 6.07) is 5.82. The summed E-state index contributed by atoms with van der Waals surface area (Å²) in [4.78, 5) is 21.7. The van der Waals surface area contributed by atoms with Crippen LogP contribution in [0.2, 0.25) is 5.02 Å². The van der Waals surface area contributed by atoms with E-state index in [4.69, 9.17) is 26.5 Å². The van der Waals surface area contributed by atoms with Gasteiger partial charge in [-0.2, -0.15) is 5.10 Å². The molecule has 13 nitrogen and oxygen atoms in total. The smallest absolute Gasteiger partial charge is 0.407 e. The molecular weight excluding hydrogens is 548 g/mol. The molecule has 1 amide bonds. The fourth-order valence-corrected chi connectivity index (χ4v) is 5.78. The highest BCUT2D eigenvalue weighted by Crippen LogP contribution is 2.54.